The Morgan fingerprint density at radius 2 is 1.50 bits per heavy atom. The lowest BCUT2D eigenvalue weighted by Crippen LogP contribution is -2.65. The SMILES string of the molecule is CCCCC/C=C\C/C=C\CCCCCCCCOCOCC(CN1CCC(OC)C1)OCCOCCO[C@H]1CC[C@@]2(C)C(=CC[C@@H]3[C@@H]2CC[C@]2(C)[C@@H]([C@H](C)CCCC(C)C)CC[C@@]32N)C1. The zero-order valence-corrected chi connectivity index (χ0v) is 44.0. The number of likely N-dealkylation sites (tertiary alicyclic amines) is 1. The number of unbranched alkanes of at least 4 members (excludes halogenated alkanes) is 9. The number of ether oxygens (including phenoxy) is 6. The molecule has 8 nitrogen and oxygen atoms in total. The number of nitrogens with zero attached hydrogens (tertiary/aromatic N) is 1. The topological polar surface area (TPSA) is 84.6 Å². The van der Waals surface area contributed by atoms with Crippen molar-refractivity contribution in [3.8, 4) is 0 Å². The van der Waals surface area contributed by atoms with Gasteiger partial charge in [-0.3, -0.25) is 4.90 Å². The van der Waals surface area contributed by atoms with Crippen LogP contribution in [-0.2, 0) is 28.4 Å². The van der Waals surface area contributed by atoms with E-state index in [0.29, 0.717) is 57.8 Å². The van der Waals surface area contributed by atoms with Crippen molar-refractivity contribution in [3.63, 3.8) is 0 Å². The molecule has 8 heteroatoms. The Balaban J connectivity index is 0.917. The van der Waals surface area contributed by atoms with E-state index in [2.05, 4.69) is 76.8 Å². The van der Waals surface area contributed by atoms with Gasteiger partial charge in [-0.25, -0.2) is 0 Å². The number of nitrogens with two attached hydrogens (primary N) is 1. The van der Waals surface area contributed by atoms with Gasteiger partial charge in [0.1, 0.15) is 6.79 Å². The Morgan fingerprint density at radius 3 is 2.26 bits per heavy atom. The number of methoxy groups -OCH3 is 1. The summed E-state index contributed by atoms with van der Waals surface area (Å²) < 4.78 is 36.4. The molecule has 1 aliphatic heterocycles. The number of hydrogen-bond donors (Lipinski definition) is 1. The molecule has 0 bridgehead atoms. The van der Waals surface area contributed by atoms with E-state index >= 15 is 0 Å². The van der Waals surface area contributed by atoms with Gasteiger partial charge < -0.3 is 34.2 Å². The van der Waals surface area contributed by atoms with E-state index in [9.17, 15) is 0 Å². The summed E-state index contributed by atoms with van der Waals surface area (Å²) in [5, 5.41) is 0. The summed E-state index contributed by atoms with van der Waals surface area (Å²) in [6.45, 7) is 21.5. The zero-order valence-electron chi connectivity index (χ0n) is 44.0. The van der Waals surface area contributed by atoms with Gasteiger partial charge in [0, 0.05) is 38.9 Å². The highest BCUT2D eigenvalue weighted by Gasteiger charge is 2.65. The molecular weight excluding hydrogens is 821 g/mol. The van der Waals surface area contributed by atoms with Gasteiger partial charge in [0.15, 0.2) is 0 Å². The first-order chi connectivity index (χ1) is 32.0. The molecule has 2 N–H and O–H groups in total. The number of hydrogen-bond acceptors (Lipinski definition) is 8. The van der Waals surface area contributed by atoms with Gasteiger partial charge in [0.2, 0.25) is 0 Å². The molecule has 3 saturated carbocycles. The van der Waals surface area contributed by atoms with Crippen molar-refractivity contribution >= 4 is 0 Å². The summed E-state index contributed by atoms with van der Waals surface area (Å²) >= 11 is 0. The van der Waals surface area contributed by atoms with E-state index in [1.54, 1.807) is 5.57 Å². The van der Waals surface area contributed by atoms with E-state index in [4.69, 9.17) is 34.2 Å². The molecule has 5 rings (SSSR count). The van der Waals surface area contributed by atoms with Crippen molar-refractivity contribution in [1.29, 1.82) is 0 Å². The maximum Gasteiger partial charge on any atom is 0.146 e. The maximum atomic E-state index is 7.73. The fraction of sp³-hybridized carbons (Fsp3) is 0.897. The van der Waals surface area contributed by atoms with Crippen LogP contribution in [0.4, 0.5) is 0 Å². The Kier molecular flexibility index (Phi) is 25.3. The lowest BCUT2D eigenvalue weighted by Gasteiger charge is -2.62. The molecular formula is C58H104N2O6. The van der Waals surface area contributed by atoms with Crippen LogP contribution in [0.15, 0.2) is 36.0 Å². The molecule has 0 aromatic heterocycles. The largest absolute Gasteiger partial charge is 0.380 e. The second-order valence-electron chi connectivity index (χ2n) is 22.8. The first kappa shape index (κ1) is 55.8. The average Bonchev–Trinajstić information content (AvgIpc) is 3.88. The minimum absolute atomic E-state index is 0.0301. The first-order valence-electron chi connectivity index (χ1n) is 28.0. The summed E-state index contributed by atoms with van der Waals surface area (Å²) in [5.41, 5.74) is 9.89. The summed E-state index contributed by atoms with van der Waals surface area (Å²) in [7, 11) is 1.81. The molecule has 382 valence electrons. The molecule has 4 fully saturated rings. The van der Waals surface area contributed by atoms with Crippen LogP contribution in [0.2, 0.25) is 0 Å². The third-order valence-electron chi connectivity index (χ3n) is 17.8. The lowest BCUT2D eigenvalue weighted by molar-refractivity contribution is -0.105. The second-order valence-corrected chi connectivity index (χ2v) is 22.8. The number of fused-ring (bicyclic) bond motifs is 5. The van der Waals surface area contributed by atoms with Crippen molar-refractivity contribution < 1.29 is 28.4 Å². The van der Waals surface area contributed by atoms with Crippen LogP contribution >= 0.6 is 0 Å². The smallest absolute Gasteiger partial charge is 0.146 e. The molecule has 10 atom stereocenters. The summed E-state index contributed by atoms with van der Waals surface area (Å²) in [5.74, 6) is 3.66. The normalized spacial score (nSPS) is 31.2. The highest BCUT2D eigenvalue weighted by molar-refractivity contribution is 5.29. The van der Waals surface area contributed by atoms with Crippen molar-refractivity contribution in [2.45, 2.75) is 219 Å². The van der Waals surface area contributed by atoms with E-state index < -0.39 is 0 Å². The Hall–Kier alpha value is -1.10. The summed E-state index contributed by atoms with van der Waals surface area (Å²) in [4.78, 5) is 2.43. The van der Waals surface area contributed by atoms with E-state index in [-0.39, 0.29) is 28.6 Å². The van der Waals surface area contributed by atoms with Gasteiger partial charge in [-0.05, 0) is 137 Å². The Morgan fingerprint density at radius 1 is 0.742 bits per heavy atom. The van der Waals surface area contributed by atoms with Gasteiger partial charge in [-0.1, -0.05) is 135 Å². The Bertz CT molecular complexity index is 1400. The molecule has 1 saturated heterocycles. The van der Waals surface area contributed by atoms with Crippen LogP contribution in [-0.4, -0.2) is 102 Å². The highest BCUT2D eigenvalue weighted by Crippen LogP contribution is 2.68. The van der Waals surface area contributed by atoms with E-state index in [1.807, 2.05) is 7.11 Å². The monoisotopic (exact) mass is 925 g/mol. The predicted octanol–water partition coefficient (Wildman–Crippen LogP) is 13.4. The second kappa shape index (κ2) is 29.9. The molecule has 4 aliphatic carbocycles. The molecule has 5 aliphatic rings. The first-order valence-corrected chi connectivity index (χ1v) is 28.0. The summed E-state index contributed by atoms with van der Waals surface area (Å²) in [6.07, 6.45) is 42.4. The van der Waals surface area contributed by atoms with Gasteiger partial charge in [-0.15, -0.1) is 0 Å². The van der Waals surface area contributed by atoms with Crippen LogP contribution in [0.1, 0.15) is 196 Å². The van der Waals surface area contributed by atoms with Crippen molar-refractivity contribution in [1.82, 2.24) is 4.90 Å². The van der Waals surface area contributed by atoms with E-state index in [0.717, 1.165) is 82.5 Å². The number of allylic oxidation sites excluding steroid dienone is 5. The molecule has 1 heterocycles. The lowest BCUT2D eigenvalue weighted by atomic mass is 9.44. The fourth-order valence-electron chi connectivity index (χ4n) is 13.6. The Labute approximate surface area is 406 Å². The molecule has 66 heavy (non-hydrogen) atoms. The van der Waals surface area contributed by atoms with Crippen LogP contribution in [0, 0.1) is 40.4 Å². The van der Waals surface area contributed by atoms with Crippen molar-refractivity contribution in [2.75, 3.05) is 73.2 Å². The van der Waals surface area contributed by atoms with Crippen molar-refractivity contribution in [3.05, 3.63) is 36.0 Å². The van der Waals surface area contributed by atoms with Gasteiger partial charge in [0.05, 0.1) is 51.3 Å². The van der Waals surface area contributed by atoms with Gasteiger partial charge in [0.25, 0.3) is 0 Å². The molecule has 0 radical (unpaired) electrons. The maximum absolute atomic E-state index is 7.73. The van der Waals surface area contributed by atoms with Gasteiger partial charge in [-0.2, -0.15) is 0 Å². The summed E-state index contributed by atoms with van der Waals surface area (Å²) in [6, 6.07) is 0. The fourth-order valence-corrected chi connectivity index (χ4v) is 13.6. The molecule has 0 aromatic rings. The highest BCUT2D eigenvalue weighted by atomic mass is 16.7. The minimum atomic E-state index is -0.0314. The van der Waals surface area contributed by atoms with Gasteiger partial charge >= 0.3 is 0 Å². The van der Waals surface area contributed by atoms with Crippen LogP contribution in [0.5, 0.6) is 0 Å². The van der Waals surface area contributed by atoms with Crippen LogP contribution < -0.4 is 5.73 Å². The van der Waals surface area contributed by atoms with Crippen LogP contribution in [0.3, 0.4) is 0 Å². The molecule has 0 aromatic carbocycles. The number of rotatable bonds is 35. The third kappa shape index (κ3) is 16.8. The quantitative estimate of drug-likeness (QED) is 0.0382. The molecule has 0 spiro atoms. The predicted molar refractivity (Wildman–Crippen MR) is 275 cm³/mol. The molecule has 0 amide bonds. The van der Waals surface area contributed by atoms with E-state index in [1.165, 1.54) is 116 Å². The minimum Gasteiger partial charge on any atom is -0.380 e. The standard InChI is InChI=1S/C58H104N2O6/c1-8-9-10-11-12-13-14-15-16-17-18-19-20-21-22-23-37-63-46-64-45-52(44-60-36-32-51(43-60)61-7)66-41-39-62-38-40-65-50-29-33-56(5)49(42-50)27-28-55-54(56)30-34-57(6)53(31-35-58(55,57)59)48(4)26-24-25-47(2)3/h12-13,15-16,27,47-48,50-55H,8-11,14,17-26,28-46,59H2,1-7H3/b13-12-,16-15-/t48-,50+,51?,52?,53-,54+,55-,56+,57-,58-/m1/s1. The third-order valence-corrected chi connectivity index (χ3v) is 17.8. The molecule has 2 unspecified atom stereocenters. The van der Waals surface area contributed by atoms with Crippen LogP contribution in [0.25, 0.3) is 0 Å². The van der Waals surface area contributed by atoms with Crippen molar-refractivity contribution in [2.24, 2.45) is 46.2 Å². The zero-order chi connectivity index (χ0) is 47.1. The average molecular weight is 925 g/mol.